The van der Waals surface area contributed by atoms with Crippen LogP contribution in [0.3, 0.4) is 0 Å². The summed E-state index contributed by atoms with van der Waals surface area (Å²) in [5.41, 5.74) is 0.226. The van der Waals surface area contributed by atoms with Crippen LogP contribution >= 0.6 is 34.8 Å². The van der Waals surface area contributed by atoms with Crippen LogP contribution in [0.1, 0.15) is 46.6 Å². The summed E-state index contributed by atoms with van der Waals surface area (Å²) < 4.78 is 35.0. The molecule has 43 heavy (non-hydrogen) atoms. The highest BCUT2D eigenvalue weighted by Crippen LogP contribution is 2.33. The van der Waals surface area contributed by atoms with E-state index in [1.807, 2.05) is 20.8 Å². The maximum atomic E-state index is 14.3. The van der Waals surface area contributed by atoms with Gasteiger partial charge in [-0.1, -0.05) is 59.9 Å². The third kappa shape index (κ3) is 9.01. The quantitative estimate of drug-likeness (QED) is 0.225. The number of rotatable bonds is 12. The maximum absolute atomic E-state index is 14.3. The minimum absolute atomic E-state index is 0.0201. The number of anilines is 1. The number of carbonyl (C=O) groups is 2. The average molecular weight is 669 g/mol. The van der Waals surface area contributed by atoms with Crippen molar-refractivity contribution in [1.29, 1.82) is 0 Å². The minimum atomic E-state index is -4.30. The van der Waals surface area contributed by atoms with Crippen molar-refractivity contribution in [2.75, 3.05) is 17.5 Å². The molecule has 0 aliphatic rings. The largest absolute Gasteiger partial charge is 0.492 e. The van der Waals surface area contributed by atoms with E-state index in [1.54, 1.807) is 56.3 Å². The lowest BCUT2D eigenvalue weighted by atomic mass is 10.1. The van der Waals surface area contributed by atoms with Crippen molar-refractivity contribution in [1.82, 2.24) is 10.2 Å². The third-order valence-electron chi connectivity index (χ3n) is 6.34. The molecule has 232 valence electrons. The van der Waals surface area contributed by atoms with E-state index in [4.69, 9.17) is 39.5 Å². The molecule has 0 aliphatic heterocycles. The van der Waals surface area contributed by atoms with Crippen molar-refractivity contribution < 1.29 is 22.7 Å². The van der Waals surface area contributed by atoms with E-state index in [0.717, 1.165) is 4.31 Å². The molecule has 3 rings (SSSR count). The fraction of sp³-hybridized carbons (Fsp3) is 0.355. The predicted molar refractivity (Wildman–Crippen MR) is 173 cm³/mol. The van der Waals surface area contributed by atoms with Crippen LogP contribution < -0.4 is 14.4 Å². The molecule has 8 nitrogen and oxygen atoms in total. The zero-order chi connectivity index (χ0) is 31.9. The van der Waals surface area contributed by atoms with Crippen LogP contribution in [0.25, 0.3) is 0 Å². The molecule has 0 spiro atoms. The number of hydrogen-bond acceptors (Lipinski definition) is 5. The second-order valence-electron chi connectivity index (χ2n) is 10.8. The number of benzene rings is 3. The Hall–Kier alpha value is -2.98. The van der Waals surface area contributed by atoms with Crippen molar-refractivity contribution in [3.8, 4) is 5.75 Å². The number of nitrogens with zero attached hydrogens (tertiary/aromatic N) is 2. The number of nitrogens with one attached hydrogen (secondary N) is 1. The molecule has 1 N–H and O–H groups in total. The number of amides is 2. The van der Waals surface area contributed by atoms with Crippen LogP contribution in [-0.2, 0) is 26.2 Å². The molecule has 3 aromatic rings. The van der Waals surface area contributed by atoms with E-state index < -0.39 is 34.1 Å². The zero-order valence-corrected chi connectivity index (χ0v) is 27.8. The Morgan fingerprint density at radius 2 is 1.58 bits per heavy atom. The Bertz CT molecular complexity index is 1540. The first kappa shape index (κ1) is 34.5. The van der Waals surface area contributed by atoms with Gasteiger partial charge in [-0.2, -0.15) is 0 Å². The number of ether oxygens (including phenoxy) is 1. The fourth-order valence-electron chi connectivity index (χ4n) is 4.39. The summed E-state index contributed by atoms with van der Waals surface area (Å²) in [5, 5.41) is 3.93. The summed E-state index contributed by atoms with van der Waals surface area (Å²) in [6.07, 6.45) is 0.272. The standard InChI is InChI=1S/C31H36Cl3N3O5S/c1-6-26(30(39)35-31(3,4)5)36(19-21-12-17-24(33)25(34)18-21)29(38)20-37(27-10-8-9-11-28(27)42-7-2)43(40,41)23-15-13-22(32)14-16-23/h8-18,26H,6-7,19-20H2,1-5H3,(H,35,39)/t26-/m1/s1. The molecule has 0 unspecified atom stereocenters. The van der Waals surface area contributed by atoms with Gasteiger partial charge in [-0.05, 0) is 88.2 Å². The number of halogens is 3. The van der Waals surface area contributed by atoms with Crippen LogP contribution in [0.5, 0.6) is 5.75 Å². The first-order chi connectivity index (χ1) is 20.2. The van der Waals surface area contributed by atoms with Crippen LogP contribution in [0.2, 0.25) is 15.1 Å². The van der Waals surface area contributed by atoms with E-state index >= 15 is 0 Å². The van der Waals surface area contributed by atoms with Crippen molar-refractivity contribution in [2.24, 2.45) is 0 Å². The Labute approximate surface area is 268 Å². The third-order valence-corrected chi connectivity index (χ3v) is 9.10. The van der Waals surface area contributed by atoms with Gasteiger partial charge in [0.1, 0.15) is 18.3 Å². The molecule has 0 heterocycles. The number of hydrogen-bond donors (Lipinski definition) is 1. The lowest BCUT2D eigenvalue weighted by molar-refractivity contribution is -0.141. The topological polar surface area (TPSA) is 96.0 Å². The van der Waals surface area contributed by atoms with Crippen molar-refractivity contribution in [3.05, 3.63) is 87.4 Å². The zero-order valence-electron chi connectivity index (χ0n) is 24.7. The smallest absolute Gasteiger partial charge is 0.264 e. The summed E-state index contributed by atoms with van der Waals surface area (Å²) in [4.78, 5) is 29.1. The Kier molecular flexibility index (Phi) is 11.8. The van der Waals surface area contributed by atoms with Gasteiger partial charge in [0.2, 0.25) is 11.8 Å². The van der Waals surface area contributed by atoms with Gasteiger partial charge in [-0.25, -0.2) is 8.42 Å². The van der Waals surface area contributed by atoms with E-state index in [2.05, 4.69) is 5.32 Å². The Morgan fingerprint density at radius 3 is 2.16 bits per heavy atom. The lowest BCUT2D eigenvalue weighted by Crippen LogP contribution is -2.55. The van der Waals surface area contributed by atoms with Gasteiger partial charge in [0.05, 0.1) is 27.2 Å². The van der Waals surface area contributed by atoms with Gasteiger partial charge in [0.25, 0.3) is 10.0 Å². The summed E-state index contributed by atoms with van der Waals surface area (Å²) in [5.74, 6) is -0.694. The molecule has 0 saturated carbocycles. The van der Waals surface area contributed by atoms with Crippen LogP contribution in [0, 0.1) is 0 Å². The van der Waals surface area contributed by atoms with Crippen LogP contribution in [0.4, 0.5) is 5.69 Å². The number of para-hydroxylation sites is 2. The lowest BCUT2D eigenvalue weighted by Gasteiger charge is -2.35. The summed E-state index contributed by atoms with van der Waals surface area (Å²) >= 11 is 18.4. The molecule has 0 radical (unpaired) electrons. The molecule has 3 aromatic carbocycles. The fourth-order valence-corrected chi connectivity index (χ4v) is 6.27. The first-order valence-corrected chi connectivity index (χ1v) is 16.3. The highest BCUT2D eigenvalue weighted by atomic mass is 35.5. The highest BCUT2D eigenvalue weighted by Gasteiger charge is 2.35. The van der Waals surface area contributed by atoms with Gasteiger partial charge >= 0.3 is 0 Å². The highest BCUT2D eigenvalue weighted by molar-refractivity contribution is 7.92. The van der Waals surface area contributed by atoms with E-state index in [-0.39, 0.29) is 46.8 Å². The number of carbonyl (C=O) groups excluding carboxylic acids is 2. The molecule has 12 heteroatoms. The summed E-state index contributed by atoms with van der Waals surface area (Å²) in [6.45, 7) is 8.72. The van der Waals surface area contributed by atoms with Gasteiger partial charge < -0.3 is 15.0 Å². The predicted octanol–water partition coefficient (Wildman–Crippen LogP) is 6.96. The van der Waals surface area contributed by atoms with E-state index in [0.29, 0.717) is 15.6 Å². The molecule has 1 atom stereocenters. The molecule has 0 saturated heterocycles. The average Bonchev–Trinajstić information content (AvgIpc) is 2.93. The summed E-state index contributed by atoms with van der Waals surface area (Å²) in [6, 6.07) is 16.3. The van der Waals surface area contributed by atoms with Gasteiger partial charge in [-0.15, -0.1) is 0 Å². The summed E-state index contributed by atoms with van der Waals surface area (Å²) in [7, 11) is -4.30. The molecule has 0 fully saturated rings. The van der Waals surface area contributed by atoms with Crippen molar-refractivity contribution >= 4 is 62.3 Å². The van der Waals surface area contributed by atoms with Crippen LogP contribution in [-0.4, -0.2) is 49.9 Å². The molecule has 2 amide bonds. The van der Waals surface area contributed by atoms with Gasteiger partial charge in [0, 0.05) is 17.1 Å². The second-order valence-corrected chi connectivity index (χ2v) is 13.9. The molecule has 0 aliphatic carbocycles. The molecular formula is C31H36Cl3N3O5S. The molecular weight excluding hydrogens is 633 g/mol. The normalized spacial score (nSPS) is 12.4. The first-order valence-electron chi connectivity index (χ1n) is 13.7. The minimum Gasteiger partial charge on any atom is -0.492 e. The van der Waals surface area contributed by atoms with E-state index in [9.17, 15) is 18.0 Å². The second kappa shape index (κ2) is 14.7. The van der Waals surface area contributed by atoms with Crippen LogP contribution in [0.15, 0.2) is 71.6 Å². The van der Waals surface area contributed by atoms with Gasteiger partial charge in [0.15, 0.2) is 0 Å². The Morgan fingerprint density at radius 1 is 0.930 bits per heavy atom. The SMILES string of the molecule is CCOc1ccccc1N(CC(=O)N(Cc1ccc(Cl)c(Cl)c1)[C@H](CC)C(=O)NC(C)(C)C)S(=O)(=O)c1ccc(Cl)cc1. The maximum Gasteiger partial charge on any atom is 0.264 e. The van der Waals surface area contributed by atoms with E-state index in [1.165, 1.54) is 29.2 Å². The van der Waals surface area contributed by atoms with Crippen molar-refractivity contribution in [3.63, 3.8) is 0 Å². The molecule has 0 aromatic heterocycles. The molecule has 0 bridgehead atoms. The number of sulfonamides is 1. The monoisotopic (exact) mass is 667 g/mol. The van der Waals surface area contributed by atoms with Crippen molar-refractivity contribution in [2.45, 2.75) is 64.1 Å². The van der Waals surface area contributed by atoms with Gasteiger partial charge in [-0.3, -0.25) is 13.9 Å². The Balaban J connectivity index is 2.14.